The van der Waals surface area contributed by atoms with Gasteiger partial charge in [0.1, 0.15) is 5.70 Å². The van der Waals surface area contributed by atoms with Gasteiger partial charge >= 0.3 is 0 Å². The number of nitrogens with one attached hydrogen (secondary N) is 1. The number of carbonyl (C=O) groups excluding carboxylic acids is 3. The number of anilines is 2. The molecule has 7 heteroatoms. The minimum Gasteiger partial charge on any atom is -0.366 e. The van der Waals surface area contributed by atoms with Crippen LogP contribution in [0.15, 0.2) is 54.2 Å². The number of nitrogens with zero attached hydrogens (tertiary/aromatic N) is 2. The van der Waals surface area contributed by atoms with E-state index >= 15 is 0 Å². The molecule has 3 amide bonds. The average Bonchev–Trinajstić information content (AvgIpc) is 2.99. The van der Waals surface area contributed by atoms with Crippen molar-refractivity contribution >= 4 is 46.3 Å². The largest absolute Gasteiger partial charge is 0.366 e. The molecule has 1 saturated heterocycles. The van der Waals surface area contributed by atoms with Gasteiger partial charge in [0, 0.05) is 30.7 Å². The minimum atomic E-state index is -0.354. The zero-order chi connectivity index (χ0) is 22.1. The summed E-state index contributed by atoms with van der Waals surface area (Å²) in [5, 5.41) is 3.26. The van der Waals surface area contributed by atoms with Gasteiger partial charge in [-0.3, -0.25) is 14.4 Å². The van der Waals surface area contributed by atoms with Crippen molar-refractivity contribution in [3.05, 3.63) is 64.8 Å². The summed E-state index contributed by atoms with van der Waals surface area (Å²) in [4.78, 5) is 41.6. The van der Waals surface area contributed by atoms with Crippen molar-refractivity contribution in [3.8, 4) is 0 Å². The molecular formula is C24H24ClN3O3. The van der Waals surface area contributed by atoms with Gasteiger partial charge < -0.3 is 10.2 Å². The highest BCUT2D eigenvalue weighted by atomic mass is 35.5. The number of likely N-dealkylation sites (tertiary alicyclic amines) is 1. The SMILES string of the molecule is CC(=O)Nc1ccc(C2=C(N3CCCC(C)C3)C(=O)N(c3ccc(Cl)cc3)C2=O)cc1. The van der Waals surface area contributed by atoms with Gasteiger partial charge in [-0.1, -0.05) is 30.7 Å². The predicted molar refractivity (Wildman–Crippen MR) is 122 cm³/mol. The molecule has 4 rings (SSSR count). The highest BCUT2D eigenvalue weighted by molar-refractivity contribution is 6.45. The van der Waals surface area contributed by atoms with E-state index in [-0.39, 0.29) is 17.7 Å². The molecule has 1 atom stereocenters. The number of amides is 3. The van der Waals surface area contributed by atoms with Crippen LogP contribution in [0, 0.1) is 5.92 Å². The van der Waals surface area contributed by atoms with Gasteiger partial charge in [-0.2, -0.15) is 0 Å². The first-order valence-corrected chi connectivity index (χ1v) is 10.7. The molecule has 0 spiro atoms. The van der Waals surface area contributed by atoms with Crippen LogP contribution in [-0.2, 0) is 14.4 Å². The van der Waals surface area contributed by atoms with E-state index in [2.05, 4.69) is 12.2 Å². The highest BCUT2D eigenvalue weighted by Gasteiger charge is 2.43. The van der Waals surface area contributed by atoms with Crippen molar-refractivity contribution in [2.45, 2.75) is 26.7 Å². The van der Waals surface area contributed by atoms with Crippen molar-refractivity contribution in [1.82, 2.24) is 4.90 Å². The van der Waals surface area contributed by atoms with E-state index in [1.54, 1.807) is 48.5 Å². The summed E-state index contributed by atoms with van der Waals surface area (Å²) in [5.41, 5.74) is 2.61. The maximum Gasteiger partial charge on any atom is 0.282 e. The molecule has 0 aromatic heterocycles. The van der Waals surface area contributed by atoms with Crippen LogP contribution in [-0.4, -0.2) is 35.7 Å². The Bertz CT molecular complexity index is 1060. The molecule has 1 fully saturated rings. The van der Waals surface area contributed by atoms with E-state index in [0.717, 1.165) is 25.9 Å². The van der Waals surface area contributed by atoms with Gasteiger partial charge in [-0.15, -0.1) is 0 Å². The Morgan fingerprint density at radius 1 is 1.03 bits per heavy atom. The number of imide groups is 1. The molecule has 6 nitrogen and oxygen atoms in total. The van der Waals surface area contributed by atoms with Crippen LogP contribution in [0.2, 0.25) is 5.02 Å². The van der Waals surface area contributed by atoms with Gasteiger partial charge in [0.05, 0.1) is 11.3 Å². The molecule has 2 aliphatic rings. The second kappa shape index (κ2) is 8.55. The first kappa shape index (κ1) is 21.1. The molecule has 0 bridgehead atoms. The summed E-state index contributed by atoms with van der Waals surface area (Å²) < 4.78 is 0. The Morgan fingerprint density at radius 3 is 2.32 bits per heavy atom. The quantitative estimate of drug-likeness (QED) is 0.723. The van der Waals surface area contributed by atoms with Crippen LogP contribution >= 0.6 is 11.6 Å². The second-order valence-electron chi connectivity index (χ2n) is 8.10. The van der Waals surface area contributed by atoms with Crippen LogP contribution in [0.5, 0.6) is 0 Å². The zero-order valence-corrected chi connectivity index (χ0v) is 18.3. The summed E-state index contributed by atoms with van der Waals surface area (Å²) >= 11 is 6.00. The summed E-state index contributed by atoms with van der Waals surface area (Å²) in [6.07, 6.45) is 2.08. The zero-order valence-electron chi connectivity index (χ0n) is 17.5. The number of hydrogen-bond donors (Lipinski definition) is 1. The molecule has 1 N–H and O–H groups in total. The molecule has 0 saturated carbocycles. The average molecular weight is 438 g/mol. The summed E-state index contributed by atoms with van der Waals surface area (Å²) in [6.45, 7) is 5.07. The van der Waals surface area contributed by atoms with Crippen LogP contribution in [0.4, 0.5) is 11.4 Å². The molecule has 1 unspecified atom stereocenters. The van der Waals surface area contributed by atoms with Crippen molar-refractivity contribution < 1.29 is 14.4 Å². The van der Waals surface area contributed by atoms with E-state index in [9.17, 15) is 14.4 Å². The highest BCUT2D eigenvalue weighted by Crippen LogP contribution is 2.37. The smallest absolute Gasteiger partial charge is 0.282 e. The van der Waals surface area contributed by atoms with Gasteiger partial charge in [-0.05, 0) is 60.7 Å². The fraction of sp³-hybridized carbons (Fsp3) is 0.292. The third-order valence-corrected chi connectivity index (χ3v) is 5.86. The van der Waals surface area contributed by atoms with Crippen molar-refractivity contribution in [3.63, 3.8) is 0 Å². The van der Waals surface area contributed by atoms with E-state index in [0.29, 0.717) is 39.1 Å². The molecule has 0 aliphatic carbocycles. The third-order valence-electron chi connectivity index (χ3n) is 5.61. The van der Waals surface area contributed by atoms with Gasteiger partial charge in [0.2, 0.25) is 5.91 Å². The number of piperidine rings is 1. The second-order valence-corrected chi connectivity index (χ2v) is 8.53. The Kier molecular flexibility index (Phi) is 5.83. The van der Waals surface area contributed by atoms with Gasteiger partial charge in [0.25, 0.3) is 11.8 Å². The Hall–Kier alpha value is -3.12. The minimum absolute atomic E-state index is 0.170. The Morgan fingerprint density at radius 2 is 1.71 bits per heavy atom. The number of halogens is 1. The van der Waals surface area contributed by atoms with Crippen LogP contribution in [0.3, 0.4) is 0 Å². The van der Waals surface area contributed by atoms with E-state index < -0.39 is 0 Å². The van der Waals surface area contributed by atoms with Crippen LogP contribution in [0.25, 0.3) is 5.57 Å². The maximum absolute atomic E-state index is 13.5. The maximum atomic E-state index is 13.5. The van der Waals surface area contributed by atoms with Crippen LogP contribution in [0.1, 0.15) is 32.3 Å². The lowest BCUT2D eigenvalue weighted by atomic mass is 9.97. The van der Waals surface area contributed by atoms with Crippen molar-refractivity contribution in [2.75, 3.05) is 23.3 Å². The summed E-state index contributed by atoms with van der Waals surface area (Å²) in [7, 11) is 0. The van der Waals surface area contributed by atoms with Crippen molar-refractivity contribution in [1.29, 1.82) is 0 Å². The predicted octanol–water partition coefficient (Wildman–Crippen LogP) is 4.31. The number of benzene rings is 2. The standard InChI is InChI=1S/C24H24ClN3O3/c1-15-4-3-13-27(14-15)22-21(17-5-9-19(10-6-17)26-16(2)29)23(30)28(24(22)31)20-11-7-18(25)8-12-20/h5-12,15H,3-4,13-14H2,1-2H3,(H,26,29). The fourth-order valence-electron chi connectivity index (χ4n) is 4.21. The molecule has 2 aromatic carbocycles. The molecular weight excluding hydrogens is 414 g/mol. The van der Waals surface area contributed by atoms with E-state index in [4.69, 9.17) is 11.6 Å². The van der Waals surface area contributed by atoms with Crippen molar-refractivity contribution in [2.24, 2.45) is 5.92 Å². The normalized spacial score (nSPS) is 19.3. The Balaban J connectivity index is 1.77. The molecule has 0 radical (unpaired) electrons. The topological polar surface area (TPSA) is 69.7 Å². The Labute approximate surface area is 186 Å². The number of rotatable bonds is 4. The molecule has 2 aliphatic heterocycles. The first-order valence-electron chi connectivity index (χ1n) is 10.4. The lowest BCUT2D eigenvalue weighted by molar-refractivity contribution is -0.121. The molecule has 160 valence electrons. The fourth-order valence-corrected chi connectivity index (χ4v) is 4.34. The summed E-state index contributed by atoms with van der Waals surface area (Å²) in [6, 6.07) is 13.7. The van der Waals surface area contributed by atoms with E-state index in [1.807, 2.05) is 4.90 Å². The van der Waals surface area contributed by atoms with Crippen LogP contribution < -0.4 is 10.2 Å². The lowest BCUT2D eigenvalue weighted by Gasteiger charge is -2.33. The monoisotopic (exact) mass is 437 g/mol. The summed E-state index contributed by atoms with van der Waals surface area (Å²) in [5.74, 6) is -0.400. The molecule has 2 aromatic rings. The lowest BCUT2D eigenvalue weighted by Crippen LogP contribution is -2.39. The number of hydrogen-bond acceptors (Lipinski definition) is 4. The number of carbonyl (C=O) groups is 3. The first-order chi connectivity index (χ1) is 14.8. The van der Waals surface area contributed by atoms with Gasteiger partial charge in [0.15, 0.2) is 0 Å². The van der Waals surface area contributed by atoms with Gasteiger partial charge in [-0.25, -0.2) is 4.90 Å². The molecule has 31 heavy (non-hydrogen) atoms. The molecule has 2 heterocycles. The third kappa shape index (κ3) is 4.21. The van der Waals surface area contributed by atoms with E-state index in [1.165, 1.54) is 11.8 Å².